The summed E-state index contributed by atoms with van der Waals surface area (Å²) in [5, 5.41) is 5.53. The lowest BCUT2D eigenvalue weighted by atomic mass is 10.1. The molecule has 2 rings (SSSR count). The predicted octanol–water partition coefficient (Wildman–Crippen LogP) is 4.02. The van der Waals surface area contributed by atoms with E-state index in [-0.39, 0.29) is 11.0 Å². The van der Waals surface area contributed by atoms with E-state index in [1.165, 1.54) is 7.11 Å². The lowest BCUT2D eigenvalue weighted by Gasteiger charge is -2.13. The zero-order valence-electron chi connectivity index (χ0n) is 16.2. The molecule has 7 heteroatoms. The van der Waals surface area contributed by atoms with Crippen LogP contribution in [0.25, 0.3) is 0 Å². The molecule has 1 amide bonds. The first-order valence-corrected chi connectivity index (χ1v) is 9.34. The molecule has 2 aromatic carbocycles. The van der Waals surface area contributed by atoms with Gasteiger partial charge in [-0.3, -0.25) is 10.1 Å². The Morgan fingerprint density at radius 3 is 2.39 bits per heavy atom. The number of esters is 1. The third kappa shape index (κ3) is 6.35. The summed E-state index contributed by atoms with van der Waals surface area (Å²) in [4.78, 5) is 24.2. The molecule has 0 fully saturated rings. The van der Waals surface area contributed by atoms with E-state index in [1.807, 2.05) is 0 Å². The Balaban J connectivity index is 1.94. The van der Waals surface area contributed by atoms with Gasteiger partial charge in [-0.15, -0.1) is 0 Å². The number of para-hydroxylation sites is 1. The number of methoxy groups -OCH3 is 1. The fourth-order valence-corrected chi connectivity index (χ4v) is 2.53. The smallest absolute Gasteiger partial charge is 0.339 e. The van der Waals surface area contributed by atoms with Crippen LogP contribution in [0.4, 0.5) is 5.69 Å². The van der Waals surface area contributed by atoms with Crippen LogP contribution in [0, 0.1) is 5.92 Å². The molecule has 0 radical (unpaired) electrons. The Hall–Kier alpha value is -2.93. The highest BCUT2D eigenvalue weighted by Gasteiger charge is 2.13. The van der Waals surface area contributed by atoms with E-state index in [2.05, 4.69) is 24.5 Å². The average molecular weight is 401 g/mol. The first-order chi connectivity index (χ1) is 13.4. The van der Waals surface area contributed by atoms with Crippen molar-refractivity contribution in [2.75, 3.05) is 19.0 Å². The van der Waals surface area contributed by atoms with Crippen molar-refractivity contribution in [2.24, 2.45) is 5.92 Å². The molecular formula is C21H24N2O4S. The van der Waals surface area contributed by atoms with Crippen LogP contribution in [0.2, 0.25) is 0 Å². The monoisotopic (exact) mass is 400 g/mol. The Morgan fingerprint density at radius 1 is 1.07 bits per heavy atom. The minimum atomic E-state index is -0.495. The number of benzene rings is 2. The van der Waals surface area contributed by atoms with Crippen LogP contribution >= 0.6 is 12.2 Å². The number of nitrogens with one attached hydrogen (secondary N) is 2. The number of carbonyl (C=O) groups excluding carboxylic acids is 2. The minimum absolute atomic E-state index is 0.0820. The van der Waals surface area contributed by atoms with Gasteiger partial charge in [0.15, 0.2) is 5.11 Å². The molecule has 0 atom stereocenters. The van der Waals surface area contributed by atoms with Crippen molar-refractivity contribution in [1.29, 1.82) is 0 Å². The fourth-order valence-electron chi connectivity index (χ4n) is 2.32. The molecule has 0 aliphatic heterocycles. The quantitative estimate of drug-likeness (QED) is 0.540. The van der Waals surface area contributed by atoms with Gasteiger partial charge in [-0.05, 0) is 61.0 Å². The molecule has 28 heavy (non-hydrogen) atoms. The average Bonchev–Trinajstić information content (AvgIpc) is 2.68. The standard InChI is InChI=1S/C21H24N2O4S/c1-14(2)12-13-27-16-10-8-15(9-11-16)19(24)23-21(28)22-18-7-5-4-6-17(18)20(25)26-3/h4-11,14H,12-13H2,1-3H3,(H2,22,23,24,28). The van der Waals surface area contributed by atoms with Gasteiger partial charge >= 0.3 is 5.97 Å². The van der Waals surface area contributed by atoms with Gasteiger partial charge in [-0.1, -0.05) is 26.0 Å². The van der Waals surface area contributed by atoms with E-state index in [0.29, 0.717) is 35.1 Å². The van der Waals surface area contributed by atoms with Crippen molar-refractivity contribution >= 4 is 34.9 Å². The summed E-state index contributed by atoms with van der Waals surface area (Å²) in [5.74, 6) is 0.430. The highest BCUT2D eigenvalue weighted by Crippen LogP contribution is 2.16. The Bertz CT molecular complexity index is 835. The minimum Gasteiger partial charge on any atom is -0.494 e. The highest BCUT2D eigenvalue weighted by atomic mass is 32.1. The van der Waals surface area contributed by atoms with Gasteiger partial charge in [0.2, 0.25) is 0 Å². The van der Waals surface area contributed by atoms with Crippen LogP contribution in [-0.2, 0) is 4.74 Å². The van der Waals surface area contributed by atoms with E-state index in [4.69, 9.17) is 21.7 Å². The Labute approximate surface area is 170 Å². The van der Waals surface area contributed by atoms with Gasteiger partial charge in [0.1, 0.15) is 5.75 Å². The van der Waals surface area contributed by atoms with Crippen molar-refractivity contribution in [1.82, 2.24) is 5.32 Å². The van der Waals surface area contributed by atoms with Gasteiger partial charge in [0, 0.05) is 5.56 Å². The first kappa shape index (κ1) is 21.4. The molecule has 6 nitrogen and oxygen atoms in total. The number of thiocarbonyl (C=S) groups is 1. The number of rotatable bonds is 7. The topological polar surface area (TPSA) is 76.7 Å². The largest absolute Gasteiger partial charge is 0.494 e. The van der Waals surface area contributed by atoms with Crippen LogP contribution in [0.5, 0.6) is 5.75 Å². The number of ether oxygens (including phenoxy) is 2. The van der Waals surface area contributed by atoms with Gasteiger partial charge in [0.05, 0.1) is 25.0 Å². The van der Waals surface area contributed by atoms with Crippen LogP contribution in [0.3, 0.4) is 0 Å². The second-order valence-corrected chi connectivity index (χ2v) is 6.91. The Kier molecular flexibility index (Phi) is 7.95. The maximum Gasteiger partial charge on any atom is 0.339 e. The molecule has 0 aliphatic rings. The molecule has 0 aromatic heterocycles. The van der Waals surface area contributed by atoms with Crippen LogP contribution in [0.15, 0.2) is 48.5 Å². The second-order valence-electron chi connectivity index (χ2n) is 6.50. The Morgan fingerprint density at radius 2 is 1.75 bits per heavy atom. The maximum atomic E-state index is 12.4. The zero-order chi connectivity index (χ0) is 20.5. The molecular weight excluding hydrogens is 376 g/mol. The summed E-state index contributed by atoms with van der Waals surface area (Å²) >= 11 is 5.18. The van der Waals surface area contributed by atoms with Gasteiger partial charge in [0.25, 0.3) is 5.91 Å². The highest BCUT2D eigenvalue weighted by molar-refractivity contribution is 7.80. The van der Waals surface area contributed by atoms with Crippen LogP contribution in [-0.4, -0.2) is 30.7 Å². The van der Waals surface area contributed by atoms with Gasteiger partial charge in [-0.25, -0.2) is 4.79 Å². The lowest BCUT2D eigenvalue weighted by Crippen LogP contribution is -2.34. The summed E-state index contributed by atoms with van der Waals surface area (Å²) in [5.41, 5.74) is 1.22. The number of hydrogen-bond acceptors (Lipinski definition) is 5. The predicted molar refractivity (Wildman–Crippen MR) is 113 cm³/mol. The molecule has 0 saturated carbocycles. The van der Waals surface area contributed by atoms with Crippen molar-refractivity contribution in [3.05, 3.63) is 59.7 Å². The molecule has 148 valence electrons. The molecule has 0 saturated heterocycles. The normalized spacial score (nSPS) is 10.3. The molecule has 0 unspecified atom stereocenters. The van der Waals surface area contributed by atoms with Crippen LogP contribution in [0.1, 0.15) is 41.0 Å². The fraction of sp³-hybridized carbons (Fsp3) is 0.286. The molecule has 2 N–H and O–H groups in total. The summed E-state index contributed by atoms with van der Waals surface area (Å²) in [6.07, 6.45) is 0.967. The van der Waals surface area contributed by atoms with Gasteiger partial charge < -0.3 is 14.8 Å². The SMILES string of the molecule is COC(=O)c1ccccc1NC(=S)NC(=O)c1ccc(OCCC(C)C)cc1. The molecule has 0 aliphatic carbocycles. The van der Waals surface area contributed by atoms with E-state index in [1.54, 1.807) is 48.5 Å². The third-order valence-electron chi connectivity index (χ3n) is 3.89. The molecule has 0 spiro atoms. The first-order valence-electron chi connectivity index (χ1n) is 8.93. The zero-order valence-corrected chi connectivity index (χ0v) is 17.0. The number of carbonyl (C=O) groups is 2. The second kappa shape index (κ2) is 10.4. The third-order valence-corrected chi connectivity index (χ3v) is 4.09. The van der Waals surface area contributed by atoms with Crippen molar-refractivity contribution < 1.29 is 19.1 Å². The molecule has 2 aromatic rings. The van der Waals surface area contributed by atoms with E-state index < -0.39 is 5.97 Å². The summed E-state index contributed by atoms with van der Waals surface area (Å²) < 4.78 is 10.4. The van der Waals surface area contributed by atoms with Crippen molar-refractivity contribution in [3.8, 4) is 5.75 Å². The van der Waals surface area contributed by atoms with Crippen molar-refractivity contribution in [3.63, 3.8) is 0 Å². The molecule has 0 bridgehead atoms. The summed E-state index contributed by atoms with van der Waals surface area (Å²) in [6.45, 7) is 4.91. The van der Waals surface area contributed by atoms with E-state index in [9.17, 15) is 9.59 Å². The summed E-state index contributed by atoms with van der Waals surface area (Å²) in [7, 11) is 1.30. The van der Waals surface area contributed by atoms with Gasteiger partial charge in [-0.2, -0.15) is 0 Å². The lowest BCUT2D eigenvalue weighted by molar-refractivity contribution is 0.0602. The van der Waals surface area contributed by atoms with E-state index in [0.717, 1.165) is 6.42 Å². The number of amides is 1. The maximum absolute atomic E-state index is 12.4. The van der Waals surface area contributed by atoms with E-state index >= 15 is 0 Å². The summed E-state index contributed by atoms with van der Waals surface area (Å²) in [6, 6.07) is 13.6. The van der Waals surface area contributed by atoms with Crippen molar-refractivity contribution in [2.45, 2.75) is 20.3 Å². The number of anilines is 1. The molecule has 0 heterocycles. The van der Waals surface area contributed by atoms with Crippen LogP contribution < -0.4 is 15.4 Å². The number of hydrogen-bond donors (Lipinski definition) is 2.